The largest absolute Gasteiger partial charge is 0.463 e. The van der Waals surface area contributed by atoms with Crippen molar-refractivity contribution in [3.8, 4) is 17.1 Å². The van der Waals surface area contributed by atoms with E-state index in [1.807, 2.05) is 51.1 Å². The summed E-state index contributed by atoms with van der Waals surface area (Å²) in [5, 5.41) is 7.40. The van der Waals surface area contributed by atoms with Gasteiger partial charge in [-0.2, -0.15) is 5.10 Å². The number of carbonyl (C=O) groups is 2. The Kier molecular flexibility index (Phi) is 5.35. The summed E-state index contributed by atoms with van der Waals surface area (Å²) >= 11 is 0. The molecule has 3 aromatic rings. The number of benzene rings is 1. The van der Waals surface area contributed by atoms with Crippen molar-refractivity contribution in [2.75, 3.05) is 13.6 Å². The fraction of sp³-hybridized carbons (Fsp3) is 0.286. The molecular weight excluding hydrogens is 356 g/mol. The van der Waals surface area contributed by atoms with Crippen molar-refractivity contribution in [2.45, 2.75) is 26.3 Å². The zero-order valence-electron chi connectivity index (χ0n) is 16.5. The summed E-state index contributed by atoms with van der Waals surface area (Å²) in [6.07, 6.45) is 1.56. The van der Waals surface area contributed by atoms with Crippen molar-refractivity contribution in [1.82, 2.24) is 20.0 Å². The molecular formula is C21H24N4O3. The molecule has 0 aliphatic rings. The molecule has 146 valence electrons. The summed E-state index contributed by atoms with van der Waals surface area (Å²) in [5.74, 6) is 0.0375. The van der Waals surface area contributed by atoms with E-state index in [1.54, 1.807) is 36.2 Å². The maximum Gasteiger partial charge on any atom is 0.272 e. The molecule has 2 amide bonds. The van der Waals surface area contributed by atoms with E-state index in [0.717, 1.165) is 5.69 Å². The minimum absolute atomic E-state index is 0.0494. The van der Waals surface area contributed by atoms with Gasteiger partial charge in [0.25, 0.3) is 5.91 Å². The van der Waals surface area contributed by atoms with Crippen LogP contribution in [-0.4, -0.2) is 45.6 Å². The van der Waals surface area contributed by atoms with Gasteiger partial charge in [-0.05, 0) is 45.0 Å². The van der Waals surface area contributed by atoms with Crippen LogP contribution in [-0.2, 0) is 4.79 Å². The van der Waals surface area contributed by atoms with E-state index in [0.29, 0.717) is 17.1 Å². The summed E-state index contributed by atoms with van der Waals surface area (Å²) in [7, 11) is 1.60. The van der Waals surface area contributed by atoms with Crippen LogP contribution in [0.2, 0.25) is 0 Å². The molecule has 7 nitrogen and oxygen atoms in total. The van der Waals surface area contributed by atoms with Gasteiger partial charge in [-0.25, -0.2) is 4.68 Å². The van der Waals surface area contributed by atoms with Crippen molar-refractivity contribution in [2.24, 2.45) is 0 Å². The summed E-state index contributed by atoms with van der Waals surface area (Å²) in [6.45, 7) is 5.64. The molecule has 0 radical (unpaired) electrons. The molecule has 28 heavy (non-hydrogen) atoms. The molecule has 1 N–H and O–H groups in total. The lowest BCUT2D eigenvalue weighted by Gasteiger charge is -2.23. The van der Waals surface area contributed by atoms with E-state index in [2.05, 4.69) is 10.4 Å². The Labute approximate surface area is 163 Å². The molecule has 2 heterocycles. The molecule has 0 atom stereocenters. The summed E-state index contributed by atoms with van der Waals surface area (Å²) < 4.78 is 6.99. The maximum atomic E-state index is 13.1. The summed E-state index contributed by atoms with van der Waals surface area (Å²) in [4.78, 5) is 26.7. The van der Waals surface area contributed by atoms with E-state index < -0.39 is 0 Å². The molecule has 0 fully saturated rings. The lowest BCUT2D eigenvalue weighted by Crippen LogP contribution is -2.46. The second-order valence-electron chi connectivity index (χ2n) is 7.60. The average molecular weight is 380 g/mol. The fourth-order valence-corrected chi connectivity index (χ4v) is 2.78. The number of aromatic nitrogens is 2. The Morgan fingerprint density at radius 3 is 2.46 bits per heavy atom. The van der Waals surface area contributed by atoms with Gasteiger partial charge in [0.1, 0.15) is 11.4 Å². The minimum atomic E-state index is -0.362. The number of likely N-dealkylation sites (N-methyl/N-ethyl adjacent to an activating group) is 1. The van der Waals surface area contributed by atoms with Crippen LogP contribution in [0.25, 0.3) is 17.1 Å². The number of rotatable bonds is 5. The zero-order valence-corrected chi connectivity index (χ0v) is 16.5. The molecule has 0 saturated heterocycles. The van der Waals surface area contributed by atoms with Crippen LogP contribution in [0, 0.1) is 0 Å². The first-order valence-corrected chi connectivity index (χ1v) is 9.00. The number of hydrogen-bond donors (Lipinski definition) is 1. The number of amides is 2. The fourth-order valence-electron chi connectivity index (χ4n) is 2.78. The molecule has 0 saturated carbocycles. The molecule has 2 aromatic heterocycles. The van der Waals surface area contributed by atoms with Crippen LogP contribution in [0.4, 0.5) is 0 Å². The number of para-hydroxylation sites is 1. The van der Waals surface area contributed by atoms with Gasteiger partial charge in [0, 0.05) is 18.7 Å². The number of furan rings is 1. The zero-order chi connectivity index (χ0) is 20.3. The normalized spacial score (nSPS) is 11.3. The monoisotopic (exact) mass is 380 g/mol. The summed E-state index contributed by atoms with van der Waals surface area (Å²) in [5.41, 5.74) is 1.28. The number of carbonyl (C=O) groups excluding carboxylic acids is 2. The molecule has 0 unspecified atom stereocenters. The lowest BCUT2D eigenvalue weighted by atomic mass is 10.1. The average Bonchev–Trinajstić information content (AvgIpc) is 3.29. The summed E-state index contributed by atoms with van der Waals surface area (Å²) in [6, 6.07) is 14.6. The highest BCUT2D eigenvalue weighted by Gasteiger charge is 2.24. The van der Waals surface area contributed by atoms with Gasteiger partial charge in [0.15, 0.2) is 5.76 Å². The van der Waals surface area contributed by atoms with Gasteiger partial charge in [-0.15, -0.1) is 0 Å². The highest BCUT2D eigenvalue weighted by atomic mass is 16.3. The van der Waals surface area contributed by atoms with E-state index >= 15 is 0 Å². The topological polar surface area (TPSA) is 80.4 Å². The number of nitrogens with zero attached hydrogens (tertiary/aromatic N) is 3. The molecule has 0 aliphatic heterocycles. The molecule has 7 heteroatoms. The minimum Gasteiger partial charge on any atom is -0.463 e. The Bertz CT molecular complexity index is 953. The molecule has 0 spiro atoms. The molecule has 0 bridgehead atoms. The molecule has 1 aromatic carbocycles. The lowest BCUT2D eigenvalue weighted by molar-refractivity contribution is -0.122. The van der Waals surface area contributed by atoms with Crippen LogP contribution < -0.4 is 5.32 Å². The first-order valence-electron chi connectivity index (χ1n) is 9.00. The van der Waals surface area contributed by atoms with E-state index in [1.165, 1.54) is 4.90 Å². The van der Waals surface area contributed by atoms with Crippen molar-refractivity contribution < 1.29 is 14.0 Å². The molecule has 0 aliphatic carbocycles. The first kappa shape index (κ1) is 19.4. The van der Waals surface area contributed by atoms with E-state index in [-0.39, 0.29) is 23.9 Å². The van der Waals surface area contributed by atoms with Gasteiger partial charge in [0.05, 0.1) is 18.5 Å². The van der Waals surface area contributed by atoms with Gasteiger partial charge >= 0.3 is 0 Å². The van der Waals surface area contributed by atoms with Crippen LogP contribution in [0.3, 0.4) is 0 Å². The van der Waals surface area contributed by atoms with Crippen LogP contribution >= 0.6 is 0 Å². The van der Waals surface area contributed by atoms with Crippen LogP contribution in [0.15, 0.2) is 59.2 Å². The standard InChI is InChI=1S/C21H24N4O3/c1-21(2,3)22-19(26)14-24(4)20(27)17-13-16(18-11-8-12-28-18)23-25(17)15-9-6-5-7-10-15/h5-13H,14H2,1-4H3,(H,22,26). The van der Waals surface area contributed by atoms with Crippen molar-refractivity contribution in [3.63, 3.8) is 0 Å². The van der Waals surface area contributed by atoms with E-state index in [9.17, 15) is 9.59 Å². The molecule has 3 rings (SSSR count). The SMILES string of the molecule is CN(CC(=O)NC(C)(C)C)C(=O)c1cc(-c2ccco2)nn1-c1ccccc1. The Morgan fingerprint density at radius 2 is 1.86 bits per heavy atom. The third kappa shape index (κ3) is 4.49. The van der Waals surface area contributed by atoms with Gasteiger partial charge in [-0.1, -0.05) is 18.2 Å². The Morgan fingerprint density at radius 1 is 1.14 bits per heavy atom. The predicted molar refractivity (Wildman–Crippen MR) is 106 cm³/mol. The number of hydrogen-bond acceptors (Lipinski definition) is 4. The van der Waals surface area contributed by atoms with Crippen molar-refractivity contribution in [3.05, 3.63) is 60.5 Å². The van der Waals surface area contributed by atoms with E-state index in [4.69, 9.17) is 4.42 Å². The second kappa shape index (κ2) is 7.72. The number of nitrogens with one attached hydrogen (secondary N) is 1. The first-order chi connectivity index (χ1) is 13.2. The Balaban J connectivity index is 1.91. The smallest absolute Gasteiger partial charge is 0.272 e. The third-order valence-corrected chi connectivity index (χ3v) is 3.94. The second-order valence-corrected chi connectivity index (χ2v) is 7.60. The third-order valence-electron chi connectivity index (χ3n) is 3.94. The van der Waals surface area contributed by atoms with Gasteiger partial charge in [0.2, 0.25) is 5.91 Å². The van der Waals surface area contributed by atoms with Crippen LogP contribution in [0.1, 0.15) is 31.3 Å². The maximum absolute atomic E-state index is 13.1. The van der Waals surface area contributed by atoms with Gasteiger partial charge in [-0.3, -0.25) is 9.59 Å². The highest BCUT2D eigenvalue weighted by molar-refractivity contribution is 5.96. The van der Waals surface area contributed by atoms with Crippen molar-refractivity contribution >= 4 is 11.8 Å². The van der Waals surface area contributed by atoms with Crippen molar-refractivity contribution in [1.29, 1.82) is 0 Å². The highest BCUT2D eigenvalue weighted by Crippen LogP contribution is 2.23. The predicted octanol–water partition coefficient (Wildman–Crippen LogP) is 3.12. The Hall–Kier alpha value is -3.35. The van der Waals surface area contributed by atoms with Crippen LogP contribution in [0.5, 0.6) is 0 Å². The van der Waals surface area contributed by atoms with Gasteiger partial charge < -0.3 is 14.6 Å². The quantitative estimate of drug-likeness (QED) is 0.737.